The van der Waals surface area contributed by atoms with Crippen molar-refractivity contribution in [1.82, 2.24) is 0 Å². The van der Waals surface area contributed by atoms with E-state index < -0.39 is 35.7 Å². The summed E-state index contributed by atoms with van der Waals surface area (Å²) in [6, 6.07) is 5.18. The number of rotatable bonds is 5. The van der Waals surface area contributed by atoms with Gasteiger partial charge in [-0.15, -0.1) is 0 Å². The van der Waals surface area contributed by atoms with Gasteiger partial charge in [-0.05, 0) is 43.4 Å². The standard InChI is InChI=1S/C20H16O6/c21-17-13-7-5-11(9-15(13)19(23)25-17)3-1-2-4-12-6-8-14-16(10-12)20(24)26-18(14)22/h5-10,13,15H,1-4H2. The predicted molar refractivity (Wildman–Crippen MR) is 89.0 cm³/mol. The summed E-state index contributed by atoms with van der Waals surface area (Å²) in [6.45, 7) is 0. The quantitative estimate of drug-likeness (QED) is 0.460. The first-order valence-electron chi connectivity index (χ1n) is 8.57. The zero-order valence-corrected chi connectivity index (χ0v) is 13.9. The van der Waals surface area contributed by atoms with E-state index in [2.05, 4.69) is 9.47 Å². The number of hydrogen-bond donors (Lipinski definition) is 0. The van der Waals surface area contributed by atoms with E-state index in [-0.39, 0.29) is 0 Å². The second-order valence-electron chi connectivity index (χ2n) is 6.66. The van der Waals surface area contributed by atoms with Gasteiger partial charge in [0.1, 0.15) is 0 Å². The summed E-state index contributed by atoms with van der Waals surface area (Å²) in [4.78, 5) is 46.1. The summed E-state index contributed by atoms with van der Waals surface area (Å²) in [6.07, 6.45) is 8.83. The van der Waals surface area contributed by atoms with Gasteiger partial charge in [0, 0.05) is 0 Å². The van der Waals surface area contributed by atoms with Gasteiger partial charge in [-0.2, -0.15) is 0 Å². The molecule has 132 valence electrons. The molecule has 2 unspecified atom stereocenters. The van der Waals surface area contributed by atoms with E-state index in [9.17, 15) is 19.2 Å². The lowest BCUT2D eigenvalue weighted by Gasteiger charge is -2.13. The first-order valence-corrected chi connectivity index (χ1v) is 8.57. The van der Waals surface area contributed by atoms with Crippen molar-refractivity contribution in [3.05, 3.63) is 58.7 Å². The van der Waals surface area contributed by atoms with Gasteiger partial charge in [0.25, 0.3) is 0 Å². The van der Waals surface area contributed by atoms with Crippen LogP contribution in [0.5, 0.6) is 0 Å². The van der Waals surface area contributed by atoms with Crippen molar-refractivity contribution in [1.29, 1.82) is 0 Å². The molecule has 0 N–H and O–H groups in total. The van der Waals surface area contributed by atoms with Crippen LogP contribution in [0.3, 0.4) is 0 Å². The van der Waals surface area contributed by atoms with Crippen LogP contribution in [0.25, 0.3) is 0 Å². The van der Waals surface area contributed by atoms with Crippen LogP contribution in [0.15, 0.2) is 42.0 Å². The van der Waals surface area contributed by atoms with Gasteiger partial charge >= 0.3 is 23.9 Å². The molecule has 1 aliphatic carbocycles. The Kier molecular flexibility index (Phi) is 4.03. The highest BCUT2D eigenvalue weighted by Crippen LogP contribution is 2.32. The van der Waals surface area contributed by atoms with E-state index in [1.54, 1.807) is 18.2 Å². The number of hydrogen-bond acceptors (Lipinski definition) is 6. The van der Waals surface area contributed by atoms with Gasteiger partial charge in [-0.25, -0.2) is 9.59 Å². The van der Waals surface area contributed by atoms with Crippen LogP contribution >= 0.6 is 0 Å². The highest BCUT2D eigenvalue weighted by Gasteiger charge is 2.42. The molecular formula is C20H16O6. The number of benzene rings is 1. The number of carbonyl (C=O) groups excluding carboxylic acids is 4. The molecule has 6 nitrogen and oxygen atoms in total. The third kappa shape index (κ3) is 2.87. The Morgan fingerprint density at radius 1 is 0.808 bits per heavy atom. The Hall–Kier alpha value is -3.02. The van der Waals surface area contributed by atoms with Gasteiger partial charge in [-0.3, -0.25) is 9.59 Å². The summed E-state index contributed by atoms with van der Waals surface area (Å²) in [7, 11) is 0. The molecule has 0 amide bonds. The summed E-state index contributed by atoms with van der Waals surface area (Å²) in [5.41, 5.74) is 2.67. The molecule has 2 heterocycles. The minimum Gasteiger partial charge on any atom is -0.392 e. The van der Waals surface area contributed by atoms with Crippen molar-refractivity contribution in [2.24, 2.45) is 11.8 Å². The fourth-order valence-electron chi connectivity index (χ4n) is 3.52. The molecular weight excluding hydrogens is 336 g/mol. The van der Waals surface area contributed by atoms with Crippen molar-refractivity contribution >= 4 is 23.9 Å². The maximum atomic E-state index is 11.6. The zero-order chi connectivity index (χ0) is 18.3. The van der Waals surface area contributed by atoms with Gasteiger partial charge < -0.3 is 9.47 Å². The minimum absolute atomic E-state index is 0.323. The van der Waals surface area contributed by atoms with Gasteiger partial charge in [-0.1, -0.05) is 29.9 Å². The average molecular weight is 352 g/mol. The van der Waals surface area contributed by atoms with Crippen LogP contribution in [0.2, 0.25) is 0 Å². The van der Waals surface area contributed by atoms with Crippen LogP contribution in [-0.4, -0.2) is 23.9 Å². The summed E-state index contributed by atoms with van der Waals surface area (Å²) in [5, 5.41) is 0. The molecule has 1 aromatic rings. The molecule has 0 bridgehead atoms. The molecule has 4 rings (SSSR count). The number of aryl methyl sites for hydroxylation is 1. The maximum absolute atomic E-state index is 11.6. The number of fused-ring (bicyclic) bond motifs is 2. The Labute approximate surface area is 149 Å². The van der Waals surface area contributed by atoms with Gasteiger partial charge in [0.05, 0.1) is 23.0 Å². The van der Waals surface area contributed by atoms with Crippen molar-refractivity contribution in [3.8, 4) is 0 Å². The monoisotopic (exact) mass is 352 g/mol. The number of carbonyl (C=O) groups is 4. The summed E-state index contributed by atoms with van der Waals surface area (Å²) >= 11 is 0. The highest BCUT2D eigenvalue weighted by atomic mass is 16.6. The lowest BCUT2D eigenvalue weighted by molar-refractivity contribution is -0.153. The smallest absolute Gasteiger partial charge is 0.346 e. The lowest BCUT2D eigenvalue weighted by Crippen LogP contribution is -2.16. The topological polar surface area (TPSA) is 86.7 Å². The Morgan fingerprint density at radius 2 is 1.54 bits per heavy atom. The first-order chi connectivity index (χ1) is 12.5. The van der Waals surface area contributed by atoms with E-state index in [4.69, 9.17) is 0 Å². The number of unbranched alkanes of at least 4 members (excludes halogenated alkanes) is 1. The normalized spacial score (nSPS) is 23.5. The molecule has 2 aliphatic heterocycles. The predicted octanol–water partition coefficient (Wildman–Crippen LogP) is 2.52. The molecule has 1 saturated heterocycles. The minimum atomic E-state index is -0.588. The number of esters is 4. The second-order valence-corrected chi connectivity index (χ2v) is 6.66. The Bertz CT molecular complexity index is 892. The van der Waals surface area contributed by atoms with E-state index in [0.717, 1.165) is 36.8 Å². The van der Waals surface area contributed by atoms with Crippen molar-refractivity contribution < 1.29 is 28.7 Å². The molecule has 0 saturated carbocycles. The fraction of sp³-hybridized carbons (Fsp3) is 0.300. The molecule has 0 radical (unpaired) electrons. The highest BCUT2D eigenvalue weighted by molar-refractivity contribution is 6.14. The van der Waals surface area contributed by atoms with Crippen LogP contribution in [-0.2, 0) is 25.5 Å². The van der Waals surface area contributed by atoms with Crippen LogP contribution in [0, 0.1) is 11.8 Å². The first kappa shape index (κ1) is 16.4. The van der Waals surface area contributed by atoms with Crippen LogP contribution in [0.1, 0.15) is 45.5 Å². The van der Waals surface area contributed by atoms with E-state index in [1.807, 2.05) is 18.2 Å². The van der Waals surface area contributed by atoms with Crippen molar-refractivity contribution in [2.45, 2.75) is 25.7 Å². The average Bonchev–Trinajstić information content (AvgIpc) is 3.07. The molecule has 1 aromatic carbocycles. The molecule has 1 fully saturated rings. The van der Waals surface area contributed by atoms with E-state index in [1.165, 1.54) is 0 Å². The molecule has 0 aromatic heterocycles. The third-order valence-corrected chi connectivity index (χ3v) is 4.93. The largest absolute Gasteiger partial charge is 0.392 e. The Morgan fingerprint density at radius 3 is 2.38 bits per heavy atom. The Balaban J connectivity index is 1.31. The fourth-order valence-corrected chi connectivity index (χ4v) is 3.52. The lowest BCUT2D eigenvalue weighted by atomic mass is 9.86. The second kappa shape index (κ2) is 6.37. The third-order valence-electron chi connectivity index (χ3n) is 4.93. The van der Waals surface area contributed by atoms with Gasteiger partial charge in [0.15, 0.2) is 0 Å². The SMILES string of the molecule is O=C1OC(=O)c2cc(CCCCC3=CC4C(=O)OC(=O)C4C=C3)ccc21. The molecule has 3 aliphatic rings. The number of ether oxygens (including phenoxy) is 2. The van der Waals surface area contributed by atoms with E-state index in [0.29, 0.717) is 11.1 Å². The van der Waals surface area contributed by atoms with E-state index >= 15 is 0 Å². The summed E-state index contributed by atoms with van der Waals surface area (Å²) < 4.78 is 9.25. The molecule has 6 heteroatoms. The molecule has 26 heavy (non-hydrogen) atoms. The van der Waals surface area contributed by atoms with Crippen molar-refractivity contribution in [2.75, 3.05) is 0 Å². The molecule has 0 spiro atoms. The number of allylic oxidation sites excluding steroid dienone is 2. The van der Waals surface area contributed by atoms with Gasteiger partial charge in [0.2, 0.25) is 0 Å². The van der Waals surface area contributed by atoms with Crippen LogP contribution < -0.4 is 0 Å². The zero-order valence-electron chi connectivity index (χ0n) is 13.9. The van der Waals surface area contributed by atoms with Crippen molar-refractivity contribution in [3.63, 3.8) is 0 Å². The molecule has 2 atom stereocenters. The number of cyclic esters (lactones) is 4. The summed E-state index contributed by atoms with van der Waals surface area (Å²) in [5.74, 6) is -3.07. The van der Waals surface area contributed by atoms with Crippen LogP contribution in [0.4, 0.5) is 0 Å². The maximum Gasteiger partial charge on any atom is 0.346 e.